The zero-order valence-electron chi connectivity index (χ0n) is 15.1. The van der Waals surface area contributed by atoms with Crippen molar-refractivity contribution in [2.24, 2.45) is 4.99 Å². The van der Waals surface area contributed by atoms with Gasteiger partial charge in [0.25, 0.3) is 0 Å². The summed E-state index contributed by atoms with van der Waals surface area (Å²) in [6, 6.07) is 6.18. The van der Waals surface area contributed by atoms with E-state index in [1.54, 1.807) is 25.5 Å². The van der Waals surface area contributed by atoms with Gasteiger partial charge in [0.15, 0.2) is 5.96 Å². The van der Waals surface area contributed by atoms with E-state index in [-0.39, 0.29) is 0 Å². The van der Waals surface area contributed by atoms with Crippen LogP contribution in [0, 0.1) is 20.8 Å². The number of rotatable bonds is 6. The predicted molar refractivity (Wildman–Crippen MR) is 101 cm³/mol. The minimum absolute atomic E-state index is 0.722. The quantitative estimate of drug-likeness (QED) is 0.624. The van der Waals surface area contributed by atoms with E-state index in [4.69, 9.17) is 4.74 Å². The number of guanidine groups is 1. The van der Waals surface area contributed by atoms with Crippen LogP contribution < -0.4 is 15.4 Å². The molecule has 0 saturated carbocycles. The van der Waals surface area contributed by atoms with Crippen LogP contribution in [-0.2, 0) is 13.0 Å². The topological polar surface area (TPSA) is 58.5 Å². The monoisotopic (exact) mass is 346 g/mol. The number of methoxy groups -OCH3 is 1. The number of nitrogens with one attached hydrogen (secondary N) is 2. The van der Waals surface area contributed by atoms with E-state index in [0.29, 0.717) is 0 Å². The van der Waals surface area contributed by atoms with Crippen LogP contribution in [0.15, 0.2) is 23.2 Å². The highest BCUT2D eigenvalue weighted by Crippen LogP contribution is 2.18. The molecule has 6 heteroatoms. The lowest BCUT2D eigenvalue weighted by Crippen LogP contribution is -2.37. The summed E-state index contributed by atoms with van der Waals surface area (Å²) in [5.74, 6) is 1.71. The van der Waals surface area contributed by atoms with Crippen molar-refractivity contribution in [1.29, 1.82) is 0 Å². The third kappa shape index (κ3) is 4.96. The van der Waals surface area contributed by atoms with Crippen molar-refractivity contribution in [3.63, 3.8) is 0 Å². The lowest BCUT2D eigenvalue weighted by Gasteiger charge is -2.12. The molecular weight excluding hydrogens is 320 g/mol. The maximum Gasteiger partial charge on any atom is 0.191 e. The highest BCUT2D eigenvalue weighted by molar-refractivity contribution is 7.11. The molecule has 0 bridgehead atoms. The second-order valence-electron chi connectivity index (χ2n) is 5.66. The second-order valence-corrected chi connectivity index (χ2v) is 6.94. The molecule has 1 aromatic carbocycles. The minimum atomic E-state index is 0.722. The number of thiazole rings is 1. The van der Waals surface area contributed by atoms with Crippen LogP contribution in [-0.4, -0.2) is 31.6 Å². The van der Waals surface area contributed by atoms with Gasteiger partial charge in [0.1, 0.15) is 5.75 Å². The van der Waals surface area contributed by atoms with Gasteiger partial charge in [0, 0.05) is 31.4 Å². The Labute approximate surface area is 148 Å². The average Bonchev–Trinajstić information content (AvgIpc) is 2.89. The number of aryl methyl sites for hydroxylation is 3. The van der Waals surface area contributed by atoms with Gasteiger partial charge in [-0.05, 0) is 38.0 Å². The van der Waals surface area contributed by atoms with Crippen molar-refractivity contribution in [1.82, 2.24) is 15.6 Å². The first-order chi connectivity index (χ1) is 11.5. The molecule has 2 rings (SSSR count). The Kier molecular flexibility index (Phi) is 6.61. The maximum absolute atomic E-state index is 5.29. The van der Waals surface area contributed by atoms with Crippen LogP contribution >= 0.6 is 11.3 Å². The molecule has 0 saturated heterocycles. The lowest BCUT2D eigenvalue weighted by atomic mass is 10.1. The van der Waals surface area contributed by atoms with Crippen LogP contribution in [0.2, 0.25) is 0 Å². The number of hydrogen-bond acceptors (Lipinski definition) is 4. The zero-order chi connectivity index (χ0) is 17.5. The van der Waals surface area contributed by atoms with Crippen molar-refractivity contribution in [2.45, 2.75) is 33.7 Å². The Balaban J connectivity index is 1.81. The molecule has 130 valence electrons. The third-order valence-electron chi connectivity index (χ3n) is 3.85. The molecule has 0 amide bonds. The summed E-state index contributed by atoms with van der Waals surface area (Å²) >= 11 is 1.77. The highest BCUT2D eigenvalue weighted by atomic mass is 32.1. The molecule has 24 heavy (non-hydrogen) atoms. The van der Waals surface area contributed by atoms with Crippen LogP contribution in [0.5, 0.6) is 5.75 Å². The summed E-state index contributed by atoms with van der Waals surface area (Å²) in [4.78, 5) is 10.1. The molecule has 0 atom stereocenters. The lowest BCUT2D eigenvalue weighted by molar-refractivity contribution is 0.411. The van der Waals surface area contributed by atoms with Gasteiger partial charge in [0.05, 0.1) is 17.8 Å². The third-order valence-corrected chi connectivity index (χ3v) is 4.98. The van der Waals surface area contributed by atoms with E-state index >= 15 is 0 Å². The van der Waals surface area contributed by atoms with E-state index < -0.39 is 0 Å². The number of nitrogens with zero attached hydrogens (tertiary/aromatic N) is 2. The van der Waals surface area contributed by atoms with Crippen molar-refractivity contribution >= 4 is 17.3 Å². The second kappa shape index (κ2) is 8.68. The van der Waals surface area contributed by atoms with E-state index in [1.807, 2.05) is 13.0 Å². The van der Waals surface area contributed by atoms with Gasteiger partial charge in [-0.15, -0.1) is 11.3 Å². The summed E-state index contributed by atoms with van der Waals surface area (Å²) < 4.78 is 5.29. The van der Waals surface area contributed by atoms with E-state index in [2.05, 4.69) is 46.6 Å². The Morgan fingerprint density at radius 3 is 2.62 bits per heavy atom. The van der Waals surface area contributed by atoms with Gasteiger partial charge in [0.2, 0.25) is 0 Å². The number of benzene rings is 1. The first-order valence-electron chi connectivity index (χ1n) is 8.04. The van der Waals surface area contributed by atoms with Gasteiger partial charge < -0.3 is 15.4 Å². The Morgan fingerprint density at radius 2 is 2.04 bits per heavy atom. The molecule has 0 fully saturated rings. The van der Waals surface area contributed by atoms with Gasteiger partial charge in [-0.25, -0.2) is 4.98 Å². The van der Waals surface area contributed by atoms with Crippen LogP contribution in [0.1, 0.15) is 26.7 Å². The van der Waals surface area contributed by atoms with Crippen molar-refractivity contribution in [3.8, 4) is 5.75 Å². The first-order valence-corrected chi connectivity index (χ1v) is 8.86. The Hall–Kier alpha value is -2.08. The van der Waals surface area contributed by atoms with Crippen LogP contribution in [0.3, 0.4) is 0 Å². The number of aromatic nitrogens is 1. The molecule has 0 aliphatic heterocycles. The molecule has 2 aromatic rings. The van der Waals surface area contributed by atoms with Crippen molar-refractivity contribution in [2.75, 3.05) is 20.7 Å². The van der Waals surface area contributed by atoms with Crippen LogP contribution in [0.4, 0.5) is 0 Å². The molecule has 0 aliphatic rings. The summed E-state index contributed by atoms with van der Waals surface area (Å²) in [7, 11) is 3.48. The fourth-order valence-corrected chi connectivity index (χ4v) is 3.32. The predicted octanol–water partition coefficient (Wildman–Crippen LogP) is 2.98. The molecule has 1 aromatic heterocycles. The van der Waals surface area contributed by atoms with E-state index in [0.717, 1.165) is 42.5 Å². The van der Waals surface area contributed by atoms with E-state index in [9.17, 15) is 0 Å². The van der Waals surface area contributed by atoms with Crippen LogP contribution in [0.25, 0.3) is 0 Å². The number of hydrogen-bond donors (Lipinski definition) is 2. The van der Waals surface area contributed by atoms with Gasteiger partial charge in [-0.3, -0.25) is 4.99 Å². The maximum atomic E-state index is 5.29. The summed E-state index contributed by atoms with van der Waals surface area (Å²) in [6.45, 7) is 7.75. The smallest absolute Gasteiger partial charge is 0.191 e. The van der Waals surface area contributed by atoms with Gasteiger partial charge >= 0.3 is 0 Å². The summed E-state index contributed by atoms with van der Waals surface area (Å²) in [5.41, 5.74) is 3.46. The standard InChI is InChI=1S/C18H26N4OS/c1-12-10-15(6-7-16(12)23-5)11-21-18(19-4)20-9-8-17-22-13(2)14(3)24-17/h6-7,10H,8-9,11H2,1-5H3,(H2,19,20,21). The molecule has 1 heterocycles. The largest absolute Gasteiger partial charge is 0.496 e. The average molecular weight is 347 g/mol. The first kappa shape index (κ1) is 18.3. The minimum Gasteiger partial charge on any atom is -0.496 e. The van der Waals surface area contributed by atoms with E-state index in [1.165, 1.54) is 15.4 Å². The number of aliphatic imine (C=N–C) groups is 1. The molecule has 0 unspecified atom stereocenters. The van der Waals surface area contributed by atoms with Gasteiger partial charge in [-0.2, -0.15) is 0 Å². The Bertz CT molecular complexity index is 690. The van der Waals surface area contributed by atoms with Gasteiger partial charge in [-0.1, -0.05) is 12.1 Å². The summed E-state index contributed by atoms with van der Waals surface area (Å²) in [6.07, 6.45) is 0.904. The van der Waals surface area contributed by atoms with Crippen molar-refractivity contribution in [3.05, 3.63) is 44.9 Å². The molecule has 2 N–H and O–H groups in total. The normalized spacial score (nSPS) is 11.5. The summed E-state index contributed by atoms with van der Waals surface area (Å²) in [5, 5.41) is 7.83. The number of ether oxygens (including phenoxy) is 1. The molecular formula is C18H26N4OS. The molecule has 0 spiro atoms. The Morgan fingerprint density at radius 1 is 1.25 bits per heavy atom. The highest BCUT2D eigenvalue weighted by Gasteiger charge is 2.05. The fraction of sp³-hybridized carbons (Fsp3) is 0.444. The molecule has 5 nitrogen and oxygen atoms in total. The molecule has 0 radical (unpaired) electrons. The fourth-order valence-electron chi connectivity index (χ4n) is 2.39. The zero-order valence-corrected chi connectivity index (χ0v) is 15.9. The molecule has 0 aliphatic carbocycles. The van der Waals surface area contributed by atoms with Crippen molar-refractivity contribution < 1.29 is 4.74 Å². The SMILES string of the molecule is CN=C(NCCc1nc(C)c(C)s1)NCc1ccc(OC)c(C)c1.